The second-order valence-electron chi connectivity index (χ2n) is 3.06. The number of carboxylic acids is 4. The minimum Gasteiger partial charge on any atom is -0.550 e. The molecule has 9 nitrogen and oxygen atoms in total. The molecule has 3 N–H and O–H groups in total. The molecule has 0 aromatic carbocycles. The van der Waals surface area contributed by atoms with E-state index in [4.69, 9.17) is 10.2 Å². The topological polar surface area (TPSA) is 167 Å². The molecule has 0 bridgehead atoms. The third kappa shape index (κ3) is 10.3. The summed E-state index contributed by atoms with van der Waals surface area (Å²) < 4.78 is 0. The normalized spacial score (nSPS) is 10.8. The average molecular weight is 293 g/mol. The molecule has 96 valence electrons. The minimum absolute atomic E-state index is 0. The average Bonchev–Trinajstić information content (AvgIpc) is 2.15. The maximum Gasteiger partial charge on any atom is 1.00 e. The molecule has 0 unspecified atom stereocenters. The molecule has 0 aromatic rings. The molecule has 1 atom stereocenters. The summed E-state index contributed by atoms with van der Waals surface area (Å²) in [5, 5.41) is 39.3. The predicted octanol–water partition coefficient (Wildman–Crippen LogP) is -10.2. The van der Waals surface area contributed by atoms with Gasteiger partial charge in [0.1, 0.15) is 0 Å². The van der Waals surface area contributed by atoms with E-state index in [9.17, 15) is 29.4 Å². The summed E-state index contributed by atoms with van der Waals surface area (Å²) in [5.41, 5.74) is 0. The van der Waals surface area contributed by atoms with Gasteiger partial charge < -0.3 is 30.0 Å². The van der Waals surface area contributed by atoms with Crippen LogP contribution in [-0.4, -0.2) is 46.2 Å². The Kier molecular flexibility index (Phi) is 14.7. The fourth-order valence-electron chi connectivity index (χ4n) is 0.981. The molecule has 0 rings (SSSR count). The second kappa shape index (κ2) is 11.6. The van der Waals surface area contributed by atoms with Gasteiger partial charge in [0, 0.05) is 12.0 Å². The summed E-state index contributed by atoms with van der Waals surface area (Å²) >= 11 is 0. The summed E-state index contributed by atoms with van der Waals surface area (Å²) in [5.74, 6) is -6.92. The van der Waals surface area contributed by atoms with Crippen LogP contribution in [0.5, 0.6) is 0 Å². The Balaban J connectivity index is -0.00000128. The van der Waals surface area contributed by atoms with Crippen molar-refractivity contribution in [1.29, 1.82) is 0 Å². The maximum atomic E-state index is 10.5. The Bertz CT molecular complexity index is 334. The van der Waals surface area contributed by atoms with Crippen molar-refractivity contribution in [3.8, 4) is 0 Å². The van der Waals surface area contributed by atoms with Crippen LogP contribution >= 0.6 is 0 Å². The van der Waals surface area contributed by atoms with Crippen LogP contribution in [0, 0.1) is 0 Å². The van der Waals surface area contributed by atoms with E-state index >= 15 is 0 Å². The number of hydrogen-bond acceptors (Lipinski definition) is 7. The van der Waals surface area contributed by atoms with Crippen molar-refractivity contribution in [3.63, 3.8) is 0 Å². The maximum absolute atomic E-state index is 10.5. The van der Waals surface area contributed by atoms with E-state index in [1.54, 1.807) is 5.32 Å². The van der Waals surface area contributed by atoms with Crippen LogP contribution < -0.4 is 74.6 Å². The molecule has 0 saturated carbocycles. The Morgan fingerprint density at radius 2 is 1.42 bits per heavy atom. The molecule has 0 saturated heterocycles. The molecule has 0 aliphatic heterocycles. The zero-order chi connectivity index (χ0) is 13.6. The van der Waals surface area contributed by atoms with Gasteiger partial charge in [-0.3, -0.25) is 5.32 Å². The first-order valence-electron chi connectivity index (χ1n) is 4.38. The molecule has 0 spiro atoms. The molecule has 0 aliphatic rings. The van der Waals surface area contributed by atoms with Gasteiger partial charge in [-0.15, -0.1) is 0 Å². The van der Waals surface area contributed by atoms with E-state index in [-0.39, 0.29) is 59.1 Å². The van der Waals surface area contributed by atoms with Crippen LogP contribution in [0.4, 0.5) is 0 Å². The fourth-order valence-corrected chi connectivity index (χ4v) is 0.981. The van der Waals surface area contributed by atoms with Crippen LogP contribution in [-0.2, 0) is 19.2 Å². The molecule has 19 heavy (non-hydrogen) atoms. The van der Waals surface area contributed by atoms with Gasteiger partial charge in [0.15, 0.2) is 0 Å². The van der Waals surface area contributed by atoms with Crippen molar-refractivity contribution in [2.45, 2.75) is 24.9 Å². The van der Waals surface area contributed by atoms with E-state index in [1.807, 2.05) is 0 Å². The van der Waals surface area contributed by atoms with Crippen LogP contribution in [0.15, 0.2) is 0 Å². The number of carbonyl (C=O) groups is 4. The first-order chi connectivity index (χ1) is 7.75. The van der Waals surface area contributed by atoms with Crippen LogP contribution in [0.2, 0.25) is 0 Å². The Morgan fingerprint density at radius 3 is 1.68 bits per heavy atom. The first kappa shape index (κ1) is 23.9. The van der Waals surface area contributed by atoms with Crippen molar-refractivity contribution in [2.24, 2.45) is 0 Å². The summed E-state index contributed by atoms with van der Waals surface area (Å²) in [6, 6.07) is -3.86. The third-order valence-corrected chi connectivity index (χ3v) is 1.78. The van der Waals surface area contributed by atoms with Crippen molar-refractivity contribution in [1.82, 2.24) is 5.32 Å². The van der Waals surface area contributed by atoms with Gasteiger partial charge in [-0.1, -0.05) is 0 Å². The van der Waals surface area contributed by atoms with Crippen LogP contribution in [0.25, 0.3) is 0 Å². The monoisotopic (exact) mass is 293 g/mol. The van der Waals surface area contributed by atoms with Crippen LogP contribution in [0.1, 0.15) is 12.8 Å². The number of nitrogens with one attached hydrogen (secondary N) is 1. The van der Waals surface area contributed by atoms with E-state index in [1.165, 1.54) is 0 Å². The summed E-state index contributed by atoms with van der Waals surface area (Å²) in [6.07, 6.45) is -1.21. The van der Waals surface area contributed by atoms with E-state index in [0.717, 1.165) is 0 Å². The summed E-state index contributed by atoms with van der Waals surface area (Å²) in [7, 11) is 0. The van der Waals surface area contributed by atoms with Gasteiger partial charge in [-0.25, -0.2) is 9.59 Å². The molecule has 0 heterocycles. The summed E-state index contributed by atoms with van der Waals surface area (Å²) in [4.78, 5) is 41.5. The number of carboxylic acid groups (broad SMARTS) is 4. The molecule has 0 radical (unpaired) electrons. The van der Waals surface area contributed by atoms with Gasteiger partial charge in [0.2, 0.25) is 6.04 Å². The Hall–Kier alpha value is -0.160. The van der Waals surface area contributed by atoms with Crippen LogP contribution in [0.3, 0.4) is 0 Å². The number of rotatable bonds is 8. The van der Waals surface area contributed by atoms with Crippen molar-refractivity contribution >= 4 is 23.9 Å². The quantitative estimate of drug-likeness (QED) is 0.290. The molecular weight excluding hydrogens is 284 g/mol. The molecule has 0 aromatic heterocycles. The van der Waals surface area contributed by atoms with Gasteiger partial charge >= 0.3 is 71.1 Å². The van der Waals surface area contributed by atoms with E-state index in [2.05, 4.69) is 0 Å². The van der Waals surface area contributed by atoms with Gasteiger partial charge in [0.05, 0.1) is 5.97 Å². The Morgan fingerprint density at radius 1 is 1.00 bits per heavy atom. The summed E-state index contributed by atoms with van der Waals surface area (Å²) in [6.45, 7) is 0. The number of aliphatic carboxylic acids is 4. The Labute approximate surface area is 151 Å². The molecule has 0 amide bonds. The third-order valence-electron chi connectivity index (χ3n) is 1.78. The molecule has 11 heteroatoms. The largest absolute Gasteiger partial charge is 1.00 e. The van der Waals surface area contributed by atoms with E-state index in [0.29, 0.717) is 0 Å². The molecular formula is C8H9NNa2O8. The van der Waals surface area contributed by atoms with Crippen molar-refractivity contribution < 1.29 is 98.7 Å². The molecule has 0 fully saturated rings. The standard InChI is InChI=1S/C8H11NO8.2Na/c10-4(11)2-1-3(6(12)13)9-5(7(14)15)8(16)17;;/h3,5,9H,1-2H2,(H,10,11)(H,12,13)(H,14,15)(H,16,17);;/q;2*+1/p-2/t3-;;/m0../s1. The van der Waals surface area contributed by atoms with Crippen molar-refractivity contribution in [2.75, 3.05) is 0 Å². The first-order valence-corrected chi connectivity index (χ1v) is 4.38. The van der Waals surface area contributed by atoms with Crippen molar-refractivity contribution in [3.05, 3.63) is 0 Å². The number of hydrogen-bond donors (Lipinski definition) is 3. The number of carbonyl (C=O) groups excluding carboxylic acids is 2. The van der Waals surface area contributed by atoms with Gasteiger partial charge in [-0.05, 0) is 12.8 Å². The predicted molar refractivity (Wildman–Crippen MR) is 45.2 cm³/mol. The SMILES string of the molecule is O=C([O-])CC[C@H](NC(C(=O)O)C(=O)O)C(=O)[O-].[Na+].[Na+]. The molecule has 0 aliphatic carbocycles. The van der Waals surface area contributed by atoms with Gasteiger partial charge in [-0.2, -0.15) is 0 Å². The van der Waals surface area contributed by atoms with Gasteiger partial charge in [0.25, 0.3) is 0 Å². The second-order valence-corrected chi connectivity index (χ2v) is 3.06. The zero-order valence-electron chi connectivity index (χ0n) is 10.4. The minimum atomic E-state index is -2.15. The fraction of sp³-hybridized carbons (Fsp3) is 0.500. The smallest absolute Gasteiger partial charge is 0.550 e. The zero-order valence-corrected chi connectivity index (χ0v) is 14.4. The van der Waals surface area contributed by atoms with E-state index < -0.39 is 48.8 Å².